The zero-order valence-corrected chi connectivity index (χ0v) is 13.8. The van der Waals surface area contributed by atoms with Gasteiger partial charge in [0.2, 0.25) is 0 Å². The molecule has 1 aromatic carbocycles. The number of nitro groups is 1. The summed E-state index contributed by atoms with van der Waals surface area (Å²) in [5.41, 5.74) is 1.34. The van der Waals surface area contributed by atoms with Crippen molar-refractivity contribution in [1.29, 1.82) is 0 Å². The molecule has 0 aromatic heterocycles. The number of aryl methyl sites for hydroxylation is 1. The minimum atomic E-state index is -0.355. The second-order valence-corrected chi connectivity index (χ2v) is 5.12. The van der Waals surface area contributed by atoms with E-state index in [0.717, 1.165) is 39.0 Å². The van der Waals surface area contributed by atoms with Gasteiger partial charge in [-0.3, -0.25) is 15.0 Å². The number of piperazine rings is 1. The largest absolute Gasteiger partial charge is 0.314 e. The normalized spacial score (nSPS) is 18.4. The minimum absolute atomic E-state index is 0. The fourth-order valence-corrected chi connectivity index (χ4v) is 2.49. The van der Waals surface area contributed by atoms with Crippen LogP contribution in [0.25, 0.3) is 0 Å². The quantitative estimate of drug-likeness (QED) is 0.663. The van der Waals surface area contributed by atoms with Gasteiger partial charge in [0.1, 0.15) is 0 Å². The molecule has 0 bridgehead atoms. The van der Waals surface area contributed by atoms with Crippen molar-refractivity contribution in [2.24, 2.45) is 0 Å². The number of hydrogen-bond acceptors (Lipinski definition) is 4. The summed E-state index contributed by atoms with van der Waals surface area (Å²) in [5.74, 6) is 0. The van der Waals surface area contributed by atoms with Gasteiger partial charge in [0.25, 0.3) is 5.69 Å². The number of rotatable bonds is 5. The summed E-state index contributed by atoms with van der Waals surface area (Å²) in [6.45, 7) is 6.60. The first-order valence-corrected chi connectivity index (χ1v) is 6.85. The second-order valence-electron chi connectivity index (χ2n) is 5.12. The maximum Gasteiger partial charge on any atom is 0.269 e. The summed E-state index contributed by atoms with van der Waals surface area (Å²) in [6, 6.07) is 7.50. The number of nitrogens with zero attached hydrogens (tertiary/aromatic N) is 2. The summed E-state index contributed by atoms with van der Waals surface area (Å²) < 4.78 is 0. The molecule has 1 aliphatic rings. The van der Waals surface area contributed by atoms with E-state index in [1.165, 1.54) is 5.56 Å². The van der Waals surface area contributed by atoms with E-state index < -0.39 is 0 Å². The van der Waals surface area contributed by atoms with Crippen LogP contribution in [-0.4, -0.2) is 42.0 Å². The molecule has 0 aliphatic carbocycles. The predicted octanol–water partition coefficient (Wildman–Crippen LogP) is 2.66. The lowest BCUT2D eigenvalue weighted by Crippen LogP contribution is -2.49. The van der Waals surface area contributed by atoms with Gasteiger partial charge in [-0.05, 0) is 31.9 Å². The Morgan fingerprint density at radius 2 is 2.00 bits per heavy atom. The molecule has 21 heavy (non-hydrogen) atoms. The molecule has 1 N–H and O–H groups in total. The van der Waals surface area contributed by atoms with Crippen molar-refractivity contribution in [3.63, 3.8) is 0 Å². The Morgan fingerprint density at radius 1 is 1.33 bits per heavy atom. The number of halogens is 2. The average Bonchev–Trinajstić information content (AvgIpc) is 2.41. The third kappa shape index (κ3) is 6.18. The van der Waals surface area contributed by atoms with Crippen LogP contribution >= 0.6 is 24.8 Å². The van der Waals surface area contributed by atoms with Crippen molar-refractivity contribution in [3.8, 4) is 0 Å². The molecule has 0 saturated carbocycles. The van der Waals surface area contributed by atoms with Crippen molar-refractivity contribution in [2.45, 2.75) is 25.8 Å². The molecule has 0 spiro atoms. The first-order chi connectivity index (χ1) is 9.16. The SMILES string of the molecule is C[C@@H]1CNCCN1CCCc1ccc([N+](=O)[O-])cc1.Cl.Cl. The minimum Gasteiger partial charge on any atom is -0.314 e. The smallest absolute Gasteiger partial charge is 0.269 e. The highest BCUT2D eigenvalue weighted by molar-refractivity contribution is 5.85. The Labute approximate surface area is 138 Å². The molecule has 5 nitrogen and oxygen atoms in total. The predicted molar refractivity (Wildman–Crippen MR) is 89.8 cm³/mol. The summed E-state index contributed by atoms with van der Waals surface area (Å²) >= 11 is 0. The van der Waals surface area contributed by atoms with Crippen LogP contribution in [0.1, 0.15) is 18.9 Å². The van der Waals surface area contributed by atoms with E-state index in [-0.39, 0.29) is 35.4 Å². The monoisotopic (exact) mass is 335 g/mol. The van der Waals surface area contributed by atoms with Crippen LogP contribution in [0.3, 0.4) is 0 Å². The first kappa shape index (κ1) is 20.1. The molecule has 1 saturated heterocycles. The summed E-state index contributed by atoms with van der Waals surface area (Å²) in [6.07, 6.45) is 2.08. The molecule has 0 unspecified atom stereocenters. The Hall–Kier alpha value is -0.880. The van der Waals surface area contributed by atoms with Crippen molar-refractivity contribution in [1.82, 2.24) is 10.2 Å². The van der Waals surface area contributed by atoms with Crippen LogP contribution in [0, 0.1) is 10.1 Å². The van der Waals surface area contributed by atoms with Gasteiger partial charge in [-0.15, -0.1) is 24.8 Å². The summed E-state index contributed by atoms with van der Waals surface area (Å²) in [5, 5.41) is 13.9. The lowest BCUT2D eigenvalue weighted by molar-refractivity contribution is -0.384. The van der Waals surface area contributed by atoms with E-state index in [1.54, 1.807) is 12.1 Å². The van der Waals surface area contributed by atoms with Crippen LogP contribution in [0.15, 0.2) is 24.3 Å². The number of nitro benzene ring substituents is 1. The third-order valence-electron chi connectivity index (χ3n) is 3.70. The van der Waals surface area contributed by atoms with E-state index >= 15 is 0 Å². The number of benzene rings is 1. The summed E-state index contributed by atoms with van der Waals surface area (Å²) in [4.78, 5) is 12.7. The Morgan fingerprint density at radius 3 is 2.57 bits per heavy atom. The van der Waals surface area contributed by atoms with E-state index in [4.69, 9.17) is 0 Å². The highest BCUT2D eigenvalue weighted by Gasteiger charge is 2.16. The highest BCUT2D eigenvalue weighted by Crippen LogP contribution is 2.13. The van der Waals surface area contributed by atoms with Crippen LogP contribution < -0.4 is 5.32 Å². The molecule has 1 aromatic rings. The number of nitrogens with one attached hydrogen (secondary N) is 1. The molecule has 1 heterocycles. The van der Waals surface area contributed by atoms with Crippen LogP contribution in [0.5, 0.6) is 0 Å². The van der Waals surface area contributed by atoms with E-state index in [2.05, 4.69) is 17.1 Å². The molecular formula is C14H23Cl2N3O2. The van der Waals surface area contributed by atoms with Gasteiger partial charge in [0.15, 0.2) is 0 Å². The van der Waals surface area contributed by atoms with E-state index in [9.17, 15) is 10.1 Å². The zero-order valence-electron chi connectivity index (χ0n) is 12.2. The Bertz CT molecular complexity index is 429. The molecule has 1 aliphatic heterocycles. The molecular weight excluding hydrogens is 313 g/mol. The molecule has 7 heteroatoms. The van der Waals surface area contributed by atoms with Gasteiger partial charge in [0.05, 0.1) is 4.92 Å². The van der Waals surface area contributed by atoms with Crippen molar-refractivity contribution in [2.75, 3.05) is 26.2 Å². The van der Waals surface area contributed by atoms with Crippen LogP contribution in [0.2, 0.25) is 0 Å². The third-order valence-corrected chi connectivity index (χ3v) is 3.70. The second kappa shape index (κ2) is 9.95. The standard InChI is InChI=1S/C14H21N3O2.2ClH/c1-12-11-15-8-10-16(12)9-2-3-13-4-6-14(7-5-13)17(18)19;;/h4-7,12,15H,2-3,8-11H2,1H3;2*1H/t12-;;/m1../s1. The molecule has 1 fully saturated rings. The van der Waals surface area contributed by atoms with E-state index in [0.29, 0.717) is 6.04 Å². The maximum absolute atomic E-state index is 10.6. The van der Waals surface area contributed by atoms with Gasteiger partial charge < -0.3 is 5.32 Å². The molecule has 120 valence electrons. The van der Waals surface area contributed by atoms with Gasteiger partial charge in [-0.25, -0.2) is 0 Å². The van der Waals surface area contributed by atoms with Gasteiger partial charge in [0, 0.05) is 37.8 Å². The molecule has 2 rings (SSSR count). The summed E-state index contributed by atoms with van der Waals surface area (Å²) in [7, 11) is 0. The highest BCUT2D eigenvalue weighted by atomic mass is 35.5. The van der Waals surface area contributed by atoms with Crippen LogP contribution in [0.4, 0.5) is 5.69 Å². The first-order valence-electron chi connectivity index (χ1n) is 6.85. The average molecular weight is 336 g/mol. The van der Waals surface area contributed by atoms with Crippen LogP contribution in [-0.2, 0) is 6.42 Å². The Kier molecular flexibility index (Phi) is 9.53. The number of non-ortho nitro benzene ring substituents is 1. The lowest BCUT2D eigenvalue weighted by Gasteiger charge is -2.33. The molecule has 0 radical (unpaired) electrons. The van der Waals surface area contributed by atoms with Crippen molar-refractivity contribution < 1.29 is 4.92 Å². The zero-order chi connectivity index (χ0) is 13.7. The van der Waals surface area contributed by atoms with Gasteiger partial charge in [-0.2, -0.15) is 0 Å². The maximum atomic E-state index is 10.6. The van der Waals surface area contributed by atoms with Gasteiger partial charge in [-0.1, -0.05) is 12.1 Å². The fourth-order valence-electron chi connectivity index (χ4n) is 2.49. The number of hydrogen-bond donors (Lipinski definition) is 1. The topological polar surface area (TPSA) is 58.4 Å². The Balaban J connectivity index is 0.00000200. The van der Waals surface area contributed by atoms with Crippen molar-refractivity contribution >= 4 is 30.5 Å². The lowest BCUT2D eigenvalue weighted by atomic mass is 10.1. The fraction of sp³-hybridized carbons (Fsp3) is 0.571. The van der Waals surface area contributed by atoms with Crippen molar-refractivity contribution in [3.05, 3.63) is 39.9 Å². The van der Waals surface area contributed by atoms with E-state index in [1.807, 2.05) is 12.1 Å². The van der Waals surface area contributed by atoms with Gasteiger partial charge >= 0.3 is 0 Å². The molecule has 0 amide bonds. The molecule has 1 atom stereocenters.